The van der Waals surface area contributed by atoms with Crippen molar-refractivity contribution in [1.82, 2.24) is 9.47 Å². The predicted octanol–water partition coefficient (Wildman–Crippen LogP) is 6.72. The van der Waals surface area contributed by atoms with Crippen molar-refractivity contribution in [2.45, 2.75) is 105 Å². The number of thioether (sulfide) groups is 1. The van der Waals surface area contributed by atoms with E-state index >= 15 is 0 Å². The number of carbonyl (C=O) groups is 2. The molecule has 0 aliphatic carbocycles. The van der Waals surface area contributed by atoms with Gasteiger partial charge in [0.25, 0.3) is 11.5 Å². The van der Waals surface area contributed by atoms with Gasteiger partial charge in [-0.3, -0.25) is 23.9 Å². The molecule has 2 fully saturated rings. The van der Waals surface area contributed by atoms with Crippen LogP contribution in [-0.2, 0) is 16.1 Å². The summed E-state index contributed by atoms with van der Waals surface area (Å²) in [4.78, 5) is 42.1. The fourth-order valence-corrected chi connectivity index (χ4v) is 7.47. The normalized spacial score (nSPS) is 20.0. The van der Waals surface area contributed by atoms with Crippen molar-refractivity contribution in [3.63, 3.8) is 0 Å². The highest BCUT2D eigenvalue weighted by molar-refractivity contribution is 8.26. The van der Waals surface area contributed by atoms with E-state index < -0.39 is 5.97 Å². The number of nitriles is 1. The third kappa shape index (κ3) is 8.70. The van der Waals surface area contributed by atoms with Gasteiger partial charge in [0, 0.05) is 38.2 Å². The SMILES string of the molecule is CCCn1c(N2CC(C)CC(C)C2)c(/C=C2\SC(=S)N(CCCCCCCCCCC(=O)O)C2=O)c(C)c(C#N)c1=O. The van der Waals surface area contributed by atoms with Crippen molar-refractivity contribution >= 4 is 52.1 Å². The molecule has 0 bridgehead atoms. The van der Waals surface area contributed by atoms with Gasteiger partial charge in [-0.2, -0.15) is 5.26 Å². The summed E-state index contributed by atoms with van der Waals surface area (Å²) in [5.74, 6) is 0.913. The molecule has 3 rings (SSSR count). The number of thiocarbonyl (C=S) groups is 1. The predicted molar refractivity (Wildman–Crippen MR) is 175 cm³/mol. The van der Waals surface area contributed by atoms with E-state index in [4.69, 9.17) is 17.3 Å². The van der Waals surface area contributed by atoms with E-state index in [-0.39, 0.29) is 23.5 Å². The number of unbranched alkanes of at least 4 members (excludes halogenated alkanes) is 7. The van der Waals surface area contributed by atoms with Gasteiger partial charge in [0.15, 0.2) is 0 Å². The number of piperidine rings is 1. The summed E-state index contributed by atoms with van der Waals surface area (Å²) in [5, 5.41) is 18.6. The van der Waals surface area contributed by atoms with Crippen LogP contribution >= 0.6 is 24.0 Å². The number of pyridine rings is 1. The minimum atomic E-state index is -0.727. The van der Waals surface area contributed by atoms with Crippen LogP contribution in [0.25, 0.3) is 6.08 Å². The zero-order chi connectivity index (χ0) is 30.8. The van der Waals surface area contributed by atoms with E-state index in [0.717, 1.165) is 88.7 Å². The number of carbonyl (C=O) groups excluding carboxylic acids is 1. The second-order valence-corrected chi connectivity index (χ2v) is 13.6. The van der Waals surface area contributed by atoms with Crippen LogP contribution in [0.15, 0.2) is 9.70 Å². The lowest BCUT2D eigenvalue weighted by atomic mass is 9.91. The van der Waals surface area contributed by atoms with Crippen LogP contribution in [-0.4, -0.2) is 50.4 Å². The Bertz CT molecular complexity index is 1270. The summed E-state index contributed by atoms with van der Waals surface area (Å²) in [6.45, 7) is 11.0. The number of aliphatic carboxylic acids is 1. The number of hydrogen-bond acceptors (Lipinski definition) is 7. The topological polar surface area (TPSA) is 107 Å². The molecule has 230 valence electrons. The monoisotopic (exact) mass is 614 g/mol. The Balaban J connectivity index is 1.76. The van der Waals surface area contributed by atoms with Gasteiger partial charge < -0.3 is 10.0 Å². The highest BCUT2D eigenvalue weighted by Gasteiger charge is 2.34. The van der Waals surface area contributed by atoms with Crippen LogP contribution in [0.3, 0.4) is 0 Å². The molecule has 1 amide bonds. The Hall–Kier alpha value is -2.64. The molecular weight excluding hydrogens is 569 g/mol. The number of nitrogens with zero attached hydrogens (tertiary/aromatic N) is 4. The first-order valence-electron chi connectivity index (χ1n) is 15.5. The summed E-state index contributed by atoms with van der Waals surface area (Å²) in [6, 6.07) is 2.13. The van der Waals surface area contributed by atoms with Gasteiger partial charge in [0.1, 0.15) is 21.8 Å². The Labute approximate surface area is 260 Å². The molecule has 1 aromatic rings. The van der Waals surface area contributed by atoms with E-state index in [9.17, 15) is 19.6 Å². The van der Waals surface area contributed by atoms with Gasteiger partial charge in [-0.25, -0.2) is 0 Å². The number of anilines is 1. The molecule has 0 radical (unpaired) electrons. The molecule has 2 atom stereocenters. The van der Waals surface area contributed by atoms with E-state index in [1.54, 1.807) is 9.47 Å². The zero-order valence-corrected chi connectivity index (χ0v) is 27.2. The van der Waals surface area contributed by atoms with Gasteiger partial charge in [-0.1, -0.05) is 83.3 Å². The molecule has 0 saturated carbocycles. The molecule has 1 aromatic heterocycles. The minimum Gasteiger partial charge on any atom is -0.481 e. The quantitative estimate of drug-likeness (QED) is 0.132. The van der Waals surface area contributed by atoms with E-state index in [0.29, 0.717) is 39.7 Å². The van der Waals surface area contributed by atoms with E-state index in [1.807, 2.05) is 19.9 Å². The molecule has 0 aromatic carbocycles. The first kappa shape index (κ1) is 33.9. The van der Waals surface area contributed by atoms with Crippen LogP contribution in [0.4, 0.5) is 5.82 Å². The largest absolute Gasteiger partial charge is 0.481 e. The number of hydrogen-bond donors (Lipinski definition) is 1. The van der Waals surface area contributed by atoms with Crippen molar-refractivity contribution in [2.24, 2.45) is 11.8 Å². The molecule has 2 saturated heterocycles. The average Bonchev–Trinajstić information content (AvgIpc) is 3.19. The molecular formula is C32H46N4O4S2. The van der Waals surface area contributed by atoms with Crippen LogP contribution in [0.1, 0.15) is 108 Å². The zero-order valence-electron chi connectivity index (χ0n) is 25.6. The standard InChI is InChI=1S/C32H46N4O4S2/c1-5-15-35-29(34-20-22(2)17-23(3)21-34)25(24(4)26(19-33)30(35)39)18-27-31(40)36(32(41)42-27)16-13-11-9-7-6-8-10-12-14-28(37)38/h18,22-23H,5-17,20-21H2,1-4H3,(H,37,38)/b27-18-. The van der Waals surface area contributed by atoms with E-state index in [2.05, 4.69) is 24.8 Å². The Morgan fingerprint density at radius 2 is 1.64 bits per heavy atom. The fourth-order valence-electron chi connectivity index (χ4n) is 6.18. The lowest BCUT2D eigenvalue weighted by Crippen LogP contribution is -2.43. The number of amides is 1. The van der Waals surface area contributed by atoms with Gasteiger partial charge in [-0.05, 0) is 56.1 Å². The molecule has 42 heavy (non-hydrogen) atoms. The number of aromatic nitrogens is 1. The Morgan fingerprint density at radius 1 is 1.05 bits per heavy atom. The lowest BCUT2D eigenvalue weighted by molar-refractivity contribution is -0.137. The summed E-state index contributed by atoms with van der Waals surface area (Å²) in [5.41, 5.74) is 1.25. The average molecular weight is 615 g/mol. The molecule has 2 aliphatic rings. The van der Waals surface area contributed by atoms with Crippen molar-refractivity contribution in [2.75, 3.05) is 24.5 Å². The van der Waals surface area contributed by atoms with Crippen LogP contribution in [0, 0.1) is 30.1 Å². The van der Waals surface area contributed by atoms with Crippen LogP contribution in [0.2, 0.25) is 0 Å². The minimum absolute atomic E-state index is 0.110. The number of rotatable bonds is 15. The Kier molecular flexibility index (Phi) is 13.1. The maximum Gasteiger partial charge on any atom is 0.303 e. The summed E-state index contributed by atoms with van der Waals surface area (Å²) in [6.07, 6.45) is 11.9. The number of carboxylic acids is 1. The second kappa shape index (κ2) is 16.3. The Morgan fingerprint density at radius 3 is 2.21 bits per heavy atom. The third-order valence-electron chi connectivity index (χ3n) is 8.13. The molecule has 0 spiro atoms. The van der Waals surface area contributed by atoms with Crippen molar-refractivity contribution in [3.8, 4) is 6.07 Å². The number of carboxylic acid groups (broad SMARTS) is 1. The van der Waals surface area contributed by atoms with Gasteiger partial charge in [-0.15, -0.1) is 0 Å². The van der Waals surface area contributed by atoms with E-state index in [1.165, 1.54) is 11.8 Å². The molecule has 10 heteroatoms. The van der Waals surface area contributed by atoms with Crippen molar-refractivity contribution in [3.05, 3.63) is 31.9 Å². The molecule has 2 unspecified atom stereocenters. The van der Waals surface area contributed by atoms with Crippen molar-refractivity contribution in [1.29, 1.82) is 5.26 Å². The maximum absolute atomic E-state index is 13.5. The molecule has 3 heterocycles. The summed E-state index contributed by atoms with van der Waals surface area (Å²) >= 11 is 6.91. The lowest BCUT2D eigenvalue weighted by Gasteiger charge is -2.39. The van der Waals surface area contributed by atoms with Gasteiger partial charge in [0.2, 0.25) is 0 Å². The van der Waals surface area contributed by atoms with Gasteiger partial charge in [0.05, 0.1) is 4.91 Å². The third-order valence-corrected chi connectivity index (χ3v) is 9.51. The maximum atomic E-state index is 13.5. The van der Waals surface area contributed by atoms with Crippen LogP contribution in [0.5, 0.6) is 0 Å². The second-order valence-electron chi connectivity index (χ2n) is 12.0. The molecule has 8 nitrogen and oxygen atoms in total. The van der Waals surface area contributed by atoms with Crippen LogP contribution < -0.4 is 10.5 Å². The summed E-state index contributed by atoms with van der Waals surface area (Å²) < 4.78 is 2.29. The smallest absolute Gasteiger partial charge is 0.303 e. The highest BCUT2D eigenvalue weighted by Crippen LogP contribution is 2.37. The molecule has 2 aliphatic heterocycles. The van der Waals surface area contributed by atoms with Crippen molar-refractivity contribution < 1.29 is 14.7 Å². The highest BCUT2D eigenvalue weighted by atomic mass is 32.2. The first-order chi connectivity index (χ1) is 20.1. The first-order valence-corrected chi connectivity index (χ1v) is 16.7. The summed E-state index contributed by atoms with van der Waals surface area (Å²) in [7, 11) is 0. The fraction of sp³-hybridized carbons (Fsp3) is 0.656. The van der Waals surface area contributed by atoms with Gasteiger partial charge >= 0.3 is 5.97 Å². The molecule has 1 N–H and O–H groups in total.